The van der Waals surface area contributed by atoms with Gasteiger partial charge in [-0.2, -0.15) is 13.2 Å². The third-order valence-corrected chi connectivity index (χ3v) is 6.36. The number of carbonyl (C=O) groups is 4. The predicted molar refractivity (Wildman–Crippen MR) is 152 cm³/mol. The van der Waals surface area contributed by atoms with Crippen LogP contribution in [0.2, 0.25) is 0 Å². The third-order valence-electron chi connectivity index (χ3n) is 5.21. The predicted octanol–water partition coefficient (Wildman–Crippen LogP) is 4.58. The molecule has 3 aromatic carbocycles. The van der Waals surface area contributed by atoms with Crippen molar-refractivity contribution in [2.75, 3.05) is 18.0 Å². The first kappa shape index (κ1) is 33.4. The van der Waals surface area contributed by atoms with Crippen molar-refractivity contribution in [3.63, 3.8) is 0 Å². The molecule has 0 aliphatic carbocycles. The lowest BCUT2D eigenvalue weighted by molar-refractivity contribution is -0.192. The highest BCUT2D eigenvalue weighted by molar-refractivity contribution is 8.06. The zero-order chi connectivity index (χ0) is 31.3. The Kier molecular flexibility index (Phi) is 12.6. The second-order valence-electron chi connectivity index (χ2n) is 8.25. The Balaban J connectivity index is 0.000000252. The van der Waals surface area contributed by atoms with E-state index >= 15 is 0 Å². The summed E-state index contributed by atoms with van der Waals surface area (Å²) in [6.45, 7) is 0.519. The molecule has 0 saturated heterocycles. The minimum Gasteiger partial charge on any atom is -0.480 e. The minimum atomic E-state index is -5.08. The van der Waals surface area contributed by atoms with Crippen LogP contribution in [0.4, 0.5) is 23.7 Å². The fourth-order valence-corrected chi connectivity index (χ4v) is 4.14. The molecule has 42 heavy (non-hydrogen) atoms. The van der Waals surface area contributed by atoms with E-state index in [1.54, 1.807) is 42.5 Å². The van der Waals surface area contributed by atoms with Gasteiger partial charge in [-0.25, -0.2) is 9.59 Å². The van der Waals surface area contributed by atoms with E-state index in [9.17, 15) is 27.6 Å². The van der Waals surface area contributed by atoms with Crippen LogP contribution in [0.3, 0.4) is 0 Å². The molecule has 4 rings (SSSR count). The van der Waals surface area contributed by atoms with Crippen LogP contribution >= 0.6 is 11.9 Å². The zero-order valence-corrected chi connectivity index (χ0v) is 22.7. The molecule has 14 heteroatoms. The number of amides is 3. The normalized spacial score (nSPS) is 12.1. The fourth-order valence-electron chi connectivity index (χ4n) is 3.28. The van der Waals surface area contributed by atoms with Gasteiger partial charge < -0.3 is 21.7 Å². The van der Waals surface area contributed by atoms with E-state index in [0.717, 1.165) is 16.0 Å². The van der Waals surface area contributed by atoms with Crippen LogP contribution in [0.1, 0.15) is 21.5 Å². The Morgan fingerprint density at radius 3 is 1.95 bits per heavy atom. The monoisotopic (exact) mass is 604 g/mol. The van der Waals surface area contributed by atoms with E-state index in [2.05, 4.69) is 0 Å². The summed E-state index contributed by atoms with van der Waals surface area (Å²) in [6, 6.07) is 25.2. The van der Waals surface area contributed by atoms with Gasteiger partial charge in [-0.1, -0.05) is 60.7 Å². The lowest BCUT2D eigenvalue weighted by Crippen LogP contribution is -2.35. The van der Waals surface area contributed by atoms with Crippen LogP contribution < -0.4 is 16.4 Å². The molecule has 0 aromatic heterocycles. The molecule has 0 atom stereocenters. The molecule has 10 nitrogen and oxygen atoms in total. The number of aliphatic carboxylic acids is 2. The molecular formula is C28H27F3N4O6S. The maximum atomic E-state index is 12.6. The quantitative estimate of drug-likeness (QED) is 0.297. The summed E-state index contributed by atoms with van der Waals surface area (Å²) < 4.78 is 33.3. The molecular weight excluding hydrogens is 577 g/mol. The first-order chi connectivity index (χ1) is 19.8. The molecule has 1 aliphatic heterocycles. The molecule has 0 bridgehead atoms. The van der Waals surface area contributed by atoms with E-state index in [-0.39, 0.29) is 5.91 Å². The summed E-state index contributed by atoms with van der Waals surface area (Å²) in [7, 11) is 0. The van der Waals surface area contributed by atoms with Crippen molar-refractivity contribution in [2.24, 2.45) is 11.5 Å². The summed E-state index contributed by atoms with van der Waals surface area (Å²) >= 11 is 1.39. The number of halogens is 3. The van der Waals surface area contributed by atoms with Crippen LogP contribution in [-0.4, -0.2) is 57.7 Å². The third kappa shape index (κ3) is 10.6. The summed E-state index contributed by atoms with van der Waals surface area (Å²) in [6.07, 6.45) is -3.08. The van der Waals surface area contributed by atoms with Crippen LogP contribution in [0.15, 0.2) is 91.0 Å². The largest absolute Gasteiger partial charge is 0.490 e. The van der Waals surface area contributed by atoms with Crippen LogP contribution in [0, 0.1) is 0 Å². The van der Waals surface area contributed by atoms with Crippen molar-refractivity contribution < 1.29 is 42.6 Å². The summed E-state index contributed by atoms with van der Waals surface area (Å²) in [5.41, 5.74) is 13.7. The molecule has 0 unspecified atom stereocenters. The molecule has 6 N–H and O–H groups in total. The number of benzene rings is 3. The minimum absolute atomic E-state index is 0.325. The SMILES string of the molecule is NC(=O)N1CC=C(c2ccccc2)S1.NCc1cccc(C(=O)N(CC(=O)O)c2ccccc2)c1.O=C(O)C(F)(F)F. The summed E-state index contributed by atoms with van der Waals surface area (Å²) in [5.74, 6) is -4.19. The van der Waals surface area contributed by atoms with Gasteiger partial charge in [0.05, 0.1) is 6.54 Å². The number of nitrogens with two attached hydrogens (primary N) is 2. The number of para-hydroxylation sites is 1. The van der Waals surface area contributed by atoms with Crippen molar-refractivity contribution >= 4 is 46.4 Å². The van der Waals surface area contributed by atoms with Crippen LogP contribution in [0.25, 0.3) is 4.91 Å². The van der Waals surface area contributed by atoms with Gasteiger partial charge in [0.15, 0.2) is 0 Å². The Bertz CT molecular complexity index is 1410. The van der Waals surface area contributed by atoms with Gasteiger partial charge in [0.1, 0.15) is 6.54 Å². The average Bonchev–Trinajstić information content (AvgIpc) is 3.48. The van der Waals surface area contributed by atoms with E-state index in [0.29, 0.717) is 24.3 Å². The molecule has 3 aromatic rings. The van der Waals surface area contributed by atoms with Crippen LogP contribution in [0.5, 0.6) is 0 Å². The van der Waals surface area contributed by atoms with Crippen molar-refractivity contribution in [2.45, 2.75) is 12.7 Å². The highest BCUT2D eigenvalue weighted by Crippen LogP contribution is 2.35. The van der Waals surface area contributed by atoms with Crippen molar-refractivity contribution in [1.82, 2.24) is 4.31 Å². The highest BCUT2D eigenvalue weighted by atomic mass is 32.2. The van der Waals surface area contributed by atoms with E-state index in [1.807, 2.05) is 48.5 Å². The molecule has 3 amide bonds. The molecule has 222 valence electrons. The number of urea groups is 1. The Morgan fingerprint density at radius 2 is 1.48 bits per heavy atom. The number of carbonyl (C=O) groups excluding carboxylic acids is 2. The first-order valence-corrected chi connectivity index (χ1v) is 12.8. The number of rotatable bonds is 6. The van der Waals surface area contributed by atoms with E-state index in [1.165, 1.54) is 21.2 Å². The maximum absolute atomic E-state index is 12.6. The van der Waals surface area contributed by atoms with Crippen molar-refractivity contribution in [1.29, 1.82) is 0 Å². The fraction of sp³-hybridized carbons (Fsp3) is 0.143. The van der Waals surface area contributed by atoms with Crippen molar-refractivity contribution in [3.8, 4) is 0 Å². The number of hydrogen-bond donors (Lipinski definition) is 4. The van der Waals surface area contributed by atoms with Gasteiger partial charge >= 0.3 is 24.1 Å². The van der Waals surface area contributed by atoms with Crippen molar-refractivity contribution in [3.05, 3.63) is 108 Å². The smallest absolute Gasteiger partial charge is 0.480 e. The van der Waals surface area contributed by atoms with Gasteiger partial charge in [0.25, 0.3) is 5.91 Å². The number of primary amides is 1. The number of anilines is 1. The van der Waals surface area contributed by atoms with Gasteiger partial charge in [0, 0.05) is 22.7 Å². The highest BCUT2D eigenvalue weighted by Gasteiger charge is 2.38. The first-order valence-electron chi connectivity index (χ1n) is 12.0. The molecule has 0 spiro atoms. The average molecular weight is 605 g/mol. The number of carboxylic acid groups (broad SMARTS) is 2. The molecule has 0 fully saturated rings. The van der Waals surface area contributed by atoms with Gasteiger partial charge in [-0.15, -0.1) is 0 Å². The van der Waals surface area contributed by atoms with E-state index in [4.69, 9.17) is 26.5 Å². The number of carboxylic acids is 2. The molecule has 1 aliphatic rings. The van der Waals surface area contributed by atoms with E-state index < -0.39 is 30.7 Å². The number of nitrogens with zero attached hydrogens (tertiary/aromatic N) is 2. The Hall–Kier alpha value is -4.82. The Morgan fingerprint density at radius 1 is 0.905 bits per heavy atom. The number of hydrogen-bond acceptors (Lipinski definition) is 6. The topological polar surface area (TPSA) is 167 Å². The summed E-state index contributed by atoms with van der Waals surface area (Å²) in [4.78, 5) is 45.7. The second-order valence-corrected chi connectivity index (χ2v) is 9.32. The number of alkyl halides is 3. The lowest BCUT2D eigenvalue weighted by atomic mass is 10.1. The zero-order valence-electron chi connectivity index (χ0n) is 21.9. The van der Waals surface area contributed by atoms with Gasteiger partial charge in [-0.3, -0.25) is 18.8 Å². The molecule has 1 heterocycles. The van der Waals surface area contributed by atoms with Gasteiger partial charge in [0.2, 0.25) is 0 Å². The van der Waals surface area contributed by atoms with Gasteiger partial charge in [-0.05, 0) is 53.4 Å². The lowest BCUT2D eigenvalue weighted by Gasteiger charge is -2.21. The molecule has 0 saturated carbocycles. The summed E-state index contributed by atoms with van der Waals surface area (Å²) in [5, 5.41) is 16.2. The van der Waals surface area contributed by atoms with Crippen LogP contribution in [-0.2, 0) is 16.1 Å². The Labute approximate surface area is 243 Å². The second kappa shape index (κ2) is 15.8. The molecule has 0 radical (unpaired) electrons. The maximum Gasteiger partial charge on any atom is 0.490 e. The standard InChI is InChI=1S/C16H16N2O3.C10H10N2OS.C2HF3O2/c17-10-12-5-4-6-13(9-12)16(21)18(11-15(19)20)14-7-2-1-3-8-14;11-10(13)12-7-6-9(14-12)8-4-2-1-3-5-8;3-2(4,5)1(6)7/h1-9H,10-11,17H2,(H,19,20);1-6H,7H2,(H2,11,13);(H,6,7).